The molecule has 50 heavy (non-hydrogen) atoms. The van der Waals surface area contributed by atoms with Gasteiger partial charge in [-0.1, -0.05) is 39.5 Å². The maximum Gasteiger partial charge on any atom is 0.229 e. The van der Waals surface area contributed by atoms with Crippen LogP contribution in [0.5, 0.6) is 0 Å². The first kappa shape index (κ1) is 36.0. The molecule has 2 fully saturated rings. The van der Waals surface area contributed by atoms with E-state index in [0.29, 0.717) is 12.8 Å². The average Bonchev–Trinajstić information content (AvgIpc) is 3.85. The summed E-state index contributed by atoms with van der Waals surface area (Å²) in [4.78, 5) is 40.3. The maximum absolute atomic E-state index is 13.5. The molecule has 6 rings (SSSR count). The van der Waals surface area contributed by atoms with E-state index >= 15 is 0 Å². The van der Waals surface area contributed by atoms with Gasteiger partial charge < -0.3 is 20.5 Å². The minimum atomic E-state index is -1.17. The van der Waals surface area contributed by atoms with E-state index in [1.54, 1.807) is 41.5 Å². The summed E-state index contributed by atoms with van der Waals surface area (Å²) in [5, 5.41) is 24.6. The van der Waals surface area contributed by atoms with E-state index in [9.17, 15) is 19.8 Å². The van der Waals surface area contributed by atoms with Crippen molar-refractivity contribution in [2.75, 3.05) is 0 Å². The number of carbonyl (C=O) groups is 2. The number of Topliss-reactive ketones (excluding diaryl/α,β-unsaturated/α-hetero) is 1. The van der Waals surface area contributed by atoms with Gasteiger partial charge in [0.05, 0.1) is 44.8 Å². The van der Waals surface area contributed by atoms with Crippen molar-refractivity contribution in [2.45, 2.75) is 131 Å². The lowest BCUT2D eigenvalue weighted by Crippen LogP contribution is -2.56. The summed E-state index contributed by atoms with van der Waals surface area (Å²) in [6, 6.07) is 11.9. The number of carbonyl (C=O) groups excluding carboxylic acids is 2. The standard InChI is InChI=1S/C42H54N4O4/c1-37(2,39(5,6)49)33(47)24-28(41(9)17-18-41)35-44-30-16-14-26(22-31(30)45-35)12-11-25-13-15-29-27(21-25)23-32(43-29)34(42(10)19-20-42)46-36(48)38(3,4)40(7,8)50/h13-16,21-22,28,34,49-50H,17-20,23-24H2,1-10H3,(H,44,45)(H,46,48)/t28-,34-/m1/s1. The van der Waals surface area contributed by atoms with Crippen LogP contribution in [0.3, 0.4) is 0 Å². The van der Waals surface area contributed by atoms with Crippen LogP contribution >= 0.6 is 0 Å². The first-order chi connectivity index (χ1) is 23.0. The van der Waals surface area contributed by atoms with Gasteiger partial charge in [-0.25, -0.2) is 4.98 Å². The molecule has 266 valence electrons. The Hall–Kier alpha value is -3.80. The van der Waals surface area contributed by atoms with Crippen molar-refractivity contribution < 1.29 is 19.8 Å². The molecule has 2 aromatic carbocycles. The van der Waals surface area contributed by atoms with Gasteiger partial charge >= 0.3 is 0 Å². The third-order valence-electron chi connectivity index (χ3n) is 12.8. The number of aliphatic imine (C=N–C) groups is 1. The van der Waals surface area contributed by atoms with Crippen molar-refractivity contribution in [2.24, 2.45) is 26.7 Å². The second kappa shape index (κ2) is 11.9. The zero-order valence-corrected chi connectivity index (χ0v) is 31.5. The fourth-order valence-corrected chi connectivity index (χ4v) is 6.62. The molecule has 8 heteroatoms. The van der Waals surface area contributed by atoms with E-state index in [4.69, 9.17) is 9.98 Å². The maximum atomic E-state index is 13.5. The molecule has 0 spiro atoms. The molecule has 2 atom stereocenters. The fraction of sp³-hybridized carbons (Fsp3) is 0.571. The highest BCUT2D eigenvalue weighted by molar-refractivity contribution is 6.01. The number of hydrogen-bond donors (Lipinski definition) is 4. The number of aromatic amines is 1. The van der Waals surface area contributed by atoms with E-state index < -0.39 is 22.0 Å². The van der Waals surface area contributed by atoms with Crippen LogP contribution in [0.4, 0.5) is 5.69 Å². The predicted octanol–water partition coefficient (Wildman–Crippen LogP) is 7.31. The molecule has 2 saturated carbocycles. The molecule has 3 aromatic rings. The van der Waals surface area contributed by atoms with E-state index in [-0.39, 0.29) is 34.5 Å². The van der Waals surface area contributed by atoms with E-state index in [1.165, 1.54) is 0 Å². The number of rotatable bonds is 11. The number of nitrogens with one attached hydrogen (secondary N) is 2. The number of aromatic nitrogens is 2. The topological polar surface area (TPSA) is 128 Å². The summed E-state index contributed by atoms with van der Waals surface area (Å²) in [6.07, 6.45) is 5.11. The number of hydrogen-bond acceptors (Lipinski definition) is 6. The van der Waals surface area contributed by atoms with Crippen molar-refractivity contribution in [1.82, 2.24) is 15.3 Å². The first-order valence-corrected chi connectivity index (χ1v) is 18.1. The molecule has 4 N–H and O–H groups in total. The molecular formula is C42H54N4O4. The van der Waals surface area contributed by atoms with Crippen LogP contribution in [-0.4, -0.2) is 54.8 Å². The number of aliphatic hydroxyl groups is 2. The molecule has 0 saturated heterocycles. The van der Waals surface area contributed by atoms with E-state index in [2.05, 4.69) is 42.1 Å². The summed E-state index contributed by atoms with van der Waals surface area (Å²) < 4.78 is 0. The lowest BCUT2D eigenvalue weighted by molar-refractivity contribution is -0.143. The van der Waals surface area contributed by atoms with Crippen molar-refractivity contribution in [3.8, 4) is 11.8 Å². The predicted molar refractivity (Wildman–Crippen MR) is 198 cm³/mol. The quantitative estimate of drug-likeness (QED) is 0.158. The number of nitrogens with zero attached hydrogens (tertiary/aromatic N) is 2. The summed E-state index contributed by atoms with van der Waals surface area (Å²) in [6.45, 7) is 18.4. The van der Waals surface area contributed by atoms with Gasteiger partial charge in [0.2, 0.25) is 5.91 Å². The fourth-order valence-electron chi connectivity index (χ4n) is 6.62. The number of benzene rings is 2. The molecule has 0 unspecified atom stereocenters. The molecule has 1 amide bonds. The Labute approximate surface area is 297 Å². The highest BCUT2D eigenvalue weighted by atomic mass is 16.3. The Morgan fingerprint density at radius 1 is 0.860 bits per heavy atom. The number of amides is 1. The molecule has 1 aromatic heterocycles. The Morgan fingerprint density at radius 3 is 2.02 bits per heavy atom. The van der Waals surface area contributed by atoms with Crippen LogP contribution in [0.1, 0.15) is 130 Å². The van der Waals surface area contributed by atoms with Crippen LogP contribution < -0.4 is 5.32 Å². The molecular weight excluding hydrogens is 624 g/mol. The van der Waals surface area contributed by atoms with Gasteiger partial charge in [0, 0.05) is 35.6 Å². The van der Waals surface area contributed by atoms with Gasteiger partial charge in [-0.05, 0) is 120 Å². The lowest BCUT2D eigenvalue weighted by atomic mass is 9.70. The molecule has 2 aliphatic carbocycles. The summed E-state index contributed by atoms with van der Waals surface area (Å²) in [7, 11) is 0. The number of fused-ring (bicyclic) bond motifs is 2. The largest absolute Gasteiger partial charge is 0.389 e. The van der Waals surface area contributed by atoms with E-state index in [0.717, 1.165) is 70.6 Å². The van der Waals surface area contributed by atoms with Crippen molar-refractivity contribution in [1.29, 1.82) is 0 Å². The molecule has 3 aliphatic rings. The summed E-state index contributed by atoms with van der Waals surface area (Å²) >= 11 is 0. The minimum absolute atomic E-state index is 0.00785. The first-order valence-electron chi connectivity index (χ1n) is 18.1. The zero-order chi connectivity index (χ0) is 36.7. The summed E-state index contributed by atoms with van der Waals surface area (Å²) in [5.41, 5.74) is 2.26. The Bertz CT molecular complexity index is 1950. The highest BCUT2D eigenvalue weighted by Crippen LogP contribution is 2.57. The smallest absolute Gasteiger partial charge is 0.229 e. The van der Waals surface area contributed by atoms with Crippen molar-refractivity contribution >= 4 is 34.1 Å². The normalized spacial score (nSPS) is 19.2. The van der Waals surface area contributed by atoms with Crippen LogP contribution in [0, 0.1) is 33.5 Å². The average molecular weight is 679 g/mol. The van der Waals surface area contributed by atoms with Crippen molar-refractivity contribution in [3.05, 3.63) is 58.9 Å². The number of imidazole rings is 1. The Morgan fingerprint density at radius 2 is 1.44 bits per heavy atom. The summed E-state index contributed by atoms with van der Waals surface area (Å²) in [5.74, 6) is 7.28. The SMILES string of the molecule is CC1([C@H](NC(=O)C(C)(C)C(C)(C)O)C2=Nc3ccc(C#Cc4ccc5nc([C@@H](CC(=O)C(C)(C)C(C)(C)O)C6(C)CC6)[nH]c5c4)cc3C2)CC1. The number of H-pyrrole nitrogens is 1. The minimum Gasteiger partial charge on any atom is -0.389 e. The van der Waals surface area contributed by atoms with Gasteiger partial charge in [0.25, 0.3) is 0 Å². The number of ketones is 1. The second-order valence-electron chi connectivity index (χ2n) is 18.0. The van der Waals surface area contributed by atoms with Crippen LogP contribution in [0.2, 0.25) is 0 Å². The lowest BCUT2D eigenvalue weighted by Gasteiger charge is -2.38. The third kappa shape index (κ3) is 6.67. The van der Waals surface area contributed by atoms with Gasteiger partial charge in [-0.15, -0.1) is 0 Å². The van der Waals surface area contributed by atoms with Crippen LogP contribution in [0.15, 0.2) is 41.4 Å². The second-order valence-corrected chi connectivity index (χ2v) is 18.0. The zero-order valence-electron chi connectivity index (χ0n) is 31.5. The molecule has 0 radical (unpaired) electrons. The van der Waals surface area contributed by atoms with Crippen LogP contribution in [0.25, 0.3) is 11.0 Å². The molecule has 0 bridgehead atoms. The molecule has 1 aliphatic heterocycles. The Balaban J connectivity index is 1.18. The highest BCUT2D eigenvalue weighted by Gasteiger charge is 2.52. The van der Waals surface area contributed by atoms with Gasteiger partial charge in [-0.2, -0.15) is 0 Å². The van der Waals surface area contributed by atoms with Crippen molar-refractivity contribution in [3.63, 3.8) is 0 Å². The Kier molecular flexibility index (Phi) is 8.56. The van der Waals surface area contributed by atoms with Gasteiger partial charge in [0.15, 0.2) is 0 Å². The van der Waals surface area contributed by atoms with Crippen LogP contribution in [-0.2, 0) is 16.0 Å². The van der Waals surface area contributed by atoms with E-state index in [1.807, 2.05) is 44.2 Å². The van der Waals surface area contributed by atoms with Gasteiger partial charge in [-0.3, -0.25) is 14.6 Å². The monoisotopic (exact) mass is 678 g/mol. The third-order valence-corrected chi connectivity index (χ3v) is 12.8. The molecule has 8 nitrogen and oxygen atoms in total. The molecule has 2 heterocycles. The van der Waals surface area contributed by atoms with Gasteiger partial charge in [0.1, 0.15) is 11.6 Å².